The number of halogens is 1. The SMILES string of the molecule is Brc1ccccc1/C=N\Nc1nc(Nc2ccccc2)nc(N2CCOCC2)n1. The molecule has 0 bridgehead atoms. The zero-order valence-corrected chi connectivity index (χ0v) is 17.2. The topological polar surface area (TPSA) is 87.6 Å². The van der Waals surface area contributed by atoms with E-state index in [2.05, 4.69) is 51.6 Å². The highest BCUT2D eigenvalue weighted by molar-refractivity contribution is 9.10. The number of nitrogens with zero attached hydrogens (tertiary/aromatic N) is 5. The van der Waals surface area contributed by atoms with E-state index in [9.17, 15) is 0 Å². The fourth-order valence-electron chi connectivity index (χ4n) is 2.77. The Bertz CT molecular complexity index is 978. The molecule has 1 saturated heterocycles. The fourth-order valence-corrected chi connectivity index (χ4v) is 3.15. The third-order valence-electron chi connectivity index (χ3n) is 4.22. The second-order valence-electron chi connectivity index (χ2n) is 6.26. The van der Waals surface area contributed by atoms with Crippen LogP contribution in [0.25, 0.3) is 0 Å². The summed E-state index contributed by atoms with van der Waals surface area (Å²) in [6, 6.07) is 17.6. The molecule has 3 aromatic rings. The maximum Gasteiger partial charge on any atom is 0.250 e. The van der Waals surface area contributed by atoms with E-state index in [4.69, 9.17) is 4.74 Å². The van der Waals surface area contributed by atoms with Gasteiger partial charge < -0.3 is 15.0 Å². The average molecular weight is 454 g/mol. The first kappa shape index (κ1) is 19.3. The van der Waals surface area contributed by atoms with E-state index in [1.807, 2.05) is 54.6 Å². The summed E-state index contributed by atoms with van der Waals surface area (Å²) < 4.78 is 6.39. The molecule has 1 fully saturated rings. The number of anilines is 4. The van der Waals surface area contributed by atoms with Crippen LogP contribution in [0.1, 0.15) is 5.56 Å². The van der Waals surface area contributed by atoms with E-state index >= 15 is 0 Å². The minimum Gasteiger partial charge on any atom is -0.378 e. The van der Waals surface area contributed by atoms with E-state index in [0.717, 1.165) is 28.8 Å². The van der Waals surface area contributed by atoms with Crippen molar-refractivity contribution in [1.82, 2.24) is 15.0 Å². The number of aromatic nitrogens is 3. The molecule has 1 aliphatic rings. The predicted molar refractivity (Wildman–Crippen MR) is 118 cm³/mol. The van der Waals surface area contributed by atoms with Crippen LogP contribution in [0.15, 0.2) is 64.2 Å². The average Bonchev–Trinajstić information content (AvgIpc) is 2.76. The standard InChI is InChI=1S/C20H20BrN7O/c21-17-9-5-4-6-15(17)14-22-27-19-24-18(23-16-7-2-1-3-8-16)25-20(26-19)28-10-12-29-13-11-28/h1-9,14H,10-13H2,(H2,23,24,25,26,27)/b22-14-. The highest BCUT2D eigenvalue weighted by Crippen LogP contribution is 2.19. The molecule has 29 heavy (non-hydrogen) atoms. The van der Waals surface area contributed by atoms with Gasteiger partial charge in [-0.25, -0.2) is 5.43 Å². The highest BCUT2D eigenvalue weighted by Gasteiger charge is 2.16. The second kappa shape index (κ2) is 9.44. The van der Waals surface area contributed by atoms with Crippen LogP contribution in [-0.4, -0.2) is 47.5 Å². The molecule has 4 rings (SSSR count). The number of ether oxygens (including phenoxy) is 1. The van der Waals surface area contributed by atoms with E-state index < -0.39 is 0 Å². The maximum atomic E-state index is 5.43. The number of hydrogen-bond acceptors (Lipinski definition) is 8. The lowest BCUT2D eigenvalue weighted by molar-refractivity contribution is 0.122. The van der Waals surface area contributed by atoms with Crippen LogP contribution in [0.3, 0.4) is 0 Å². The van der Waals surface area contributed by atoms with E-state index in [0.29, 0.717) is 31.1 Å². The Kier molecular flexibility index (Phi) is 6.28. The number of para-hydroxylation sites is 1. The minimum atomic E-state index is 0.364. The zero-order chi connectivity index (χ0) is 19.9. The van der Waals surface area contributed by atoms with Crippen LogP contribution < -0.4 is 15.6 Å². The Hall–Kier alpha value is -3.04. The van der Waals surface area contributed by atoms with Crippen molar-refractivity contribution in [1.29, 1.82) is 0 Å². The Morgan fingerprint density at radius 3 is 2.45 bits per heavy atom. The Morgan fingerprint density at radius 1 is 0.931 bits per heavy atom. The van der Waals surface area contributed by atoms with Gasteiger partial charge in [0.25, 0.3) is 0 Å². The first-order valence-electron chi connectivity index (χ1n) is 9.22. The number of rotatable bonds is 6. The molecule has 0 unspecified atom stereocenters. The van der Waals surface area contributed by atoms with Crippen molar-refractivity contribution in [3.63, 3.8) is 0 Å². The predicted octanol–water partition coefficient (Wildman–Crippen LogP) is 3.66. The van der Waals surface area contributed by atoms with Gasteiger partial charge in [0.2, 0.25) is 17.8 Å². The van der Waals surface area contributed by atoms with Crippen molar-refractivity contribution in [3.05, 3.63) is 64.6 Å². The number of morpholine rings is 1. The fraction of sp³-hybridized carbons (Fsp3) is 0.200. The molecule has 8 nitrogen and oxygen atoms in total. The van der Waals surface area contributed by atoms with Crippen molar-refractivity contribution in [2.75, 3.05) is 41.9 Å². The zero-order valence-electron chi connectivity index (χ0n) is 15.6. The molecule has 0 saturated carbocycles. The molecule has 0 spiro atoms. The molecule has 148 valence electrons. The van der Waals surface area contributed by atoms with Crippen LogP contribution in [0.5, 0.6) is 0 Å². The molecule has 0 aliphatic carbocycles. The van der Waals surface area contributed by atoms with Crippen LogP contribution in [0, 0.1) is 0 Å². The third-order valence-corrected chi connectivity index (χ3v) is 4.94. The van der Waals surface area contributed by atoms with Gasteiger partial charge >= 0.3 is 0 Å². The quantitative estimate of drug-likeness (QED) is 0.434. The Morgan fingerprint density at radius 2 is 1.66 bits per heavy atom. The Balaban J connectivity index is 1.57. The smallest absolute Gasteiger partial charge is 0.250 e. The molecule has 1 aromatic heterocycles. The molecule has 9 heteroatoms. The van der Waals surface area contributed by atoms with Gasteiger partial charge in [0.15, 0.2) is 0 Å². The van der Waals surface area contributed by atoms with Gasteiger partial charge in [-0.15, -0.1) is 0 Å². The minimum absolute atomic E-state index is 0.364. The Labute approximate surface area is 177 Å². The summed E-state index contributed by atoms with van der Waals surface area (Å²) in [6.07, 6.45) is 1.71. The van der Waals surface area contributed by atoms with E-state index in [1.54, 1.807) is 6.21 Å². The lowest BCUT2D eigenvalue weighted by Crippen LogP contribution is -2.37. The molecule has 2 N–H and O–H groups in total. The number of benzene rings is 2. The molecular weight excluding hydrogens is 434 g/mol. The second-order valence-corrected chi connectivity index (χ2v) is 7.12. The summed E-state index contributed by atoms with van der Waals surface area (Å²) >= 11 is 3.51. The van der Waals surface area contributed by atoms with Gasteiger partial charge in [-0.05, 0) is 18.2 Å². The summed E-state index contributed by atoms with van der Waals surface area (Å²) in [5.74, 6) is 1.40. The normalized spacial score (nSPS) is 14.2. The largest absolute Gasteiger partial charge is 0.378 e. The van der Waals surface area contributed by atoms with Crippen molar-refractivity contribution < 1.29 is 4.74 Å². The first-order chi connectivity index (χ1) is 14.3. The van der Waals surface area contributed by atoms with Crippen molar-refractivity contribution >= 4 is 45.7 Å². The van der Waals surface area contributed by atoms with Gasteiger partial charge in [0.05, 0.1) is 19.4 Å². The lowest BCUT2D eigenvalue weighted by Gasteiger charge is -2.27. The third kappa shape index (κ3) is 5.27. The van der Waals surface area contributed by atoms with Crippen molar-refractivity contribution in [2.24, 2.45) is 5.10 Å². The molecule has 0 radical (unpaired) electrons. The van der Waals surface area contributed by atoms with Gasteiger partial charge in [-0.3, -0.25) is 0 Å². The van der Waals surface area contributed by atoms with Crippen LogP contribution >= 0.6 is 15.9 Å². The van der Waals surface area contributed by atoms with Crippen LogP contribution in [0.2, 0.25) is 0 Å². The summed E-state index contributed by atoms with van der Waals surface area (Å²) in [5, 5.41) is 7.50. The van der Waals surface area contributed by atoms with Gasteiger partial charge in [0, 0.05) is 28.8 Å². The number of hydrogen-bond donors (Lipinski definition) is 2. The molecule has 2 aromatic carbocycles. The summed E-state index contributed by atoms with van der Waals surface area (Å²) in [7, 11) is 0. The summed E-state index contributed by atoms with van der Waals surface area (Å²) in [6.45, 7) is 2.76. The van der Waals surface area contributed by atoms with Gasteiger partial charge in [-0.1, -0.05) is 52.3 Å². The van der Waals surface area contributed by atoms with Gasteiger partial charge in [0.1, 0.15) is 0 Å². The van der Waals surface area contributed by atoms with Gasteiger partial charge in [-0.2, -0.15) is 20.1 Å². The molecular formula is C20H20BrN7O. The molecule has 2 heterocycles. The molecule has 0 amide bonds. The molecule has 1 aliphatic heterocycles. The highest BCUT2D eigenvalue weighted by atomic mass is 79.9. The summed E-state index contributed by atoms with van der Waals surface area (Å²) in [4.78, 5) is 15.6. The summed E-state index contributed by atoms with van der Waals surface area (Å²) in [5.41, 5.74) is 4.76. The van der Waals surface area contributed by atoms with Crippen LogP contribution in [-0.2, 0) is 4.74 Å². The monoisotopic (exact) mass is 453 g/mol. The van der Waals surface area contributed by atoms with Crippen LogP contribution in [0.4, 0.5) is 23.5 Å². The maximum absolute atomic E-state index is 5.43. The van der Waals surface area contributed by atoms with Crippen molar-refractivity contribution in [2.45, 2.75) is 0 Å². The van der Waals surface area contributed by atoms with Crippen molar-refractivity contribution in [3.8, 4) is 0 Å². The first-order valence-corrected chi connectivity index (χ1v) is 10.0. The van der Waals surface area contributed by atoms with E-state index in [1.165, 1.54) is 0 Å². The number of nitrogens with one attached hydrogen (secondary N) is 2. The van der Waals surface area contributed by atoms with E-state index in [-0.39, 0.29) is 0 Å². The molecule has 0 atom stereocenters. The number of hydrazone groups is 1. The lowest BCUT2D eigenvalue weighted by atomic mass is 10.2.